The van der Waals surface area contributed by atoms with Crippen molar-refractivity contribution in [3.63, 3.8) is 0 Å². The van der Waals surface area contributed by atoms with Gasteiger partial charge in [-0.25, -0.2) is 9.97 Å². The van der Waals surface area contributed by atoms with Crippen LogP contribution in [0.25, 0.3) is 0 Å². The van der Waals surface area contributed by atoms with Crippen molar-refractivity contribution in [3.05, 3.63) is 35.3 Å². The Morgan fingerprint density at radius 1 is 1.18 bits per heavy atom. The van der Waals surface area contributed by atoms with Crippen LogP contribution in [0.1, 0.15) is 23.2 Å². The van der Waals surface area contributed by atoms with Crippen LogP contribution in [0.4, 0.5) is 11.8 Å². The number of hydrogen-bond donors (Lipinski definition) is 1. The maximum absolute atomic E-state index is 4.37. The van der Waals surface area contributed by atoms with Crippen molar-refractivity contribution >= 4 is 11.8 Å². The van der Waals surface area contributed by atoms with Gasteiger partial charge in [0.2, 0.25) is 5.95 Å². The van der Waals surface area contributed by atoms with E-state index in [-0.39, 0.29) is 0 Å². The number of fused-ring (bicyclic) bond motifs is 1. The molecule has 0 spiro atoms. The van der Waals surface area contributed by atoms with E-state index in [1.807, 2.05) is 19.3 Å². The number of aromatic nitrogens is 4. The maximum atomic E-state index is 4.37. The molecule has 6 heteroatoms. The molecular weight excluding hydrogens is 276 g/mol. The Morgan fingerprint density at radius 2 is 2.00 bits per heavy atom. The zero-order valence-electron chi connectivity index (χ0n) is 12.8. The lowest BCUT2D eigenvalue weighted by atomic mass is 10.00. The van der Waals surface area contributed by atoms with E-state index in [1.54, 1.807) is 0 Å². The Labute approximate surface area is 130 Å². The topological polar surface area (TPSA) is 66.8 Å². The van der Waals surface area contributed by atoms with Gasteiger partial charge >= 0.3 is 0 Å². The lowest BCUT2D eigenvalue weighted by molar-refractivity contribution is 0.424. The van der Waals surface area contributed by atoms with E-state index in [2.05, 4.69) is 36.4 Å². The highest BCUT2D eigenvalue weighted by molar-refractivity contribution is 5.45. The van der Waals surface area contributed by atoms with Gasteiger partial charge in [-0.05, 0) is 43.4 Å². The van der Waals surface area contributed by atoms with Crippen molar-refractivity contribution < 1.29 is 0 Å². The first-order chi connectivity index (χ1) is 10.8. The summed E-state index contributed by atoms with van der Waals surface area (Å²) in [5, 5.41) is 12.0. The third-order valence-electron chi connectivity index (χ3n) is 4.42. The standard InChI is InChI=1S/C16H20N6/c1-11-6-17-16(18-7-11)19-8-12-9-22(10-12)15-5-13-3-2-4-14(13)20-21-15/h5-7,12H,2-4,8-10H2,1H3,(H,17,18,19). The number of hydrogen-bond acceptors (Lipinski definition) is 6. The van der Waals surface area contributed by atoms with Gasteiger partial charge in [-0.2, -0.15) is 5.10 Å². The zero-order valence-corrected chi connectivity index (χ0v) is 12.8. The van der Waals surface area contributed by atoms with Crippen molar-refractivity contribution in [2.45, 2.75) is 26.2 Å². The van der Waals surface area contributed by atoms with Crippen LogP contribution in [-0.2, 0) is 12.8 Å². The quantitative estimate of drug-likeness (QED) is 0.924. The third-order valence-corrected chi connectivity index (χ3v) is 4.42. The molecule has 1 saturated heterocycles. The first-order valence-corrected chi connectivity index (χ1v) is 7.91. The Morgan fingerprint density at radius 3 is 2.82 bits per heavy atom. The van der Waals surface area contributed by atoms with Crippen LogP contribution in [0.5, 0.6) is 0 Å². The Balaban J connectivity index is 1.30. The molecule has 0 unspecified atom stereocenters. The molecule has 1 aliphatic heterocycles. The average molecular weight is 296 g/mol. The highest BCUT2D eigenvalue weighted by atomic mass is 15.3. The number of aryl methyl sites for hydroxylation is 3. The van der Waals surface area contributed by atoms with E-state index in [9.17, 15) is 0 Å². The molecule has 1 aliphatic carbocycles. The molecule has 0 amide bonds. The molecule has 22 heavy (non-hydrogen) atoms. The smallest absolute Gasteiger partial charge is 0.222 e. The second kappa shape index (κ2) is 5.51. The van der Waals surface area contributed by atoms with Gasteiger partial charge in [0.25, 0.3) is 0 Å². The van der Waals surface area contributed by atoms with Gasteiger partial charge in [0.05, 0.1) is 5.69 Å². The molecule has 3 heterocycles. The predicted molar refractivity (Wildman–Crippen MR) is 85.0 cm³/mol. The van der Waals surface area contributed by atoms with Crippen LogP contribution in [0.3, 0.4) is 0 Å². The zero-order chi connectivity index (χ0) is 14.9. The summed E-state index contributed by atoms with van der Waals surface area (Å²) < 4.78 is 0. The van der Waals surface area contributed by atoms with Crippen LogP contribution in [0, 0.1) is 12.8 Å². The van der Waals surface area contributed by atoms with Gasteiger partial charge in [-0.3, -0.25) is 0 Å². The van der Waals surface area contributed by atoms with Crippen LogP contribution in [-0.4, -0.2) is 39.8 Å². The maximum Gasteiger partial charge on any atom is 0.222 e. The van der Waals surface area contributed by atoms with Gasteiger partial charge in [-0.1, -0.05) is 0 Å². The van der Waals surface area contributed by atoms with Crippen molar-refractivity contribution in [3.8, 4) is 0 Å². The highest BCUT2D eigenvalue weighted by Crippen LogP contribution is 2.27. The van der Waals surface area contributed by atoms with Gasteiger partial charge in [0, 0.05) is 37.9 Å². The van der Waals surface area contributed by atoms with Crippen LogP contribution in [0.15, 0.2) is 18.5 Å². The molecule has 0 saturated carbocycles. The van der Waals surface area contributed by atoms with E-state index in [0.717, 1.165) is 43.9 Å². The lowest BCUT2D eigenvalue weighted by Crippen LogP contribution is -2.50. The summed E-state index contributed by atoms with van der Waals surface area (Å²) in [6, 6.07) is 2.22. The Bertz CT molecular complexity index is 663. The van der Waals surface area contributed by atoms with E-state index in [0.29, 0.717) is 11.9 Å². The normalized spacial score (nSPS) is 17.2. The molecule has 1 fully saturated rings. The summed E-state index contributed by atoms with van der Waals surface area (Å²) in [5.41, 5.74) is 3.66. The molecule has 1 N–H and O–H groups in total. The van der Waals surface area contributed by atoms with E-state index < -0.39 is 0 Å². The molecule has 2 aliphatic rings. The van der Waals surface area contributed by atoms with Crippen LogP contribution < -0.4 is 10.2 Å². The summed E-state index contributed by atoms with van der Waals surface area (Å²) in [6.07, 6.45) is 7.13. The summed E-state index contributed by atoms with van der Waals surface area (Å²) >= 11 is 0. The molecule has 0 atom stereocenters. The largest absolute Gasteiger partial charge is 0.354 e. The van der Waals surface area contributed by atoms with E-state index in [4.69, 9.17) is 0 Å². The van der Waals surface area contributed by atoms with Crippen LogP contribution in [0.2, 0.25) is 0 Å². The number of rotatable bonds is 4. The molecule has 6 nitrogen and oxygen atoms in total. The van der Waals surface area contributed by atoms with Crippen LogP contribution >= 0.6 is 0 Å². The fraction of sp³-hybridized carbons (Fsp3) is 0.500. The summed E-state index contributed by atoms with van der Waals surface area (Å²) in [4.78, 5) is 10.8. The van der Waals surface area contributed by atoms with Crippen molar-refractivity contribution in [1.29, 1.82) is 0 Å². The minimum Gasteiger partial charge on any atom is -0.354 e. The summed E-state index contributed by atoms with van der Waals surface area (Å²) in [7, 11) is 0. The molecule has 0 radical (unpaired) electrons. The molecule has 2 aromatic rings. The SMILES string of the molecule is Cc1cnc(NCC2CN(c3cc4c(nn3)CCC4)C2)nc1. The molecule has 0 aromatic carbocycles. The predicted octanol–water partition coefficient (Wildman–Crippen LogP) is 1.61. The first-order valence-electron chi connectivity index (χ1n) is 7.91. The fourth-order valence-corrected chi connectivity index (χ4v) is 3.08. The van der Waals surface area contributed by atoms with Crippen molar-refractivity contribution in [2.75, 3.05) is 29.9 Å². The first kappa shape index (κ1) is 13.4. The molecule has 2 aromatic heterocycles. The fourth-order valence-electron chi connectivity index (χ4n) is 3.08. The van der Waals surface area contributed by atoms with Crippen molar-refractivity contribution in [2.24, 2.45) is 5.92 Å². The molecule has 114 valence electrons. The number of anilines is 2. The Hall–Kier alpha value is -2.24. The number of nitrogens with zero attached hydrogens (tertiary/aromatic N) is 5. The highest BCUT2D eigenvalue weighted by Gasteiger charge is 2.28. The third kappa shape index (κ3) is 2.61. The second-order valence-electron chi connectivity index (χ2n) is 6.26. The minimum atomic E-state index is 0.611. The molecule has 0 bridgehead atoms. The van der Waals surface area contributed by atoms with Crippen molar-refractivity contribution in [1.82, 2.24) is 20.2 Å². The Kier molecular flexibility index (Phi) is 3.36. The van der Waals surface area contributed by atoms with E-state index >= 15 is 0 Å². The lowest BCUT2D eigenvalue weighted by Gasteiger charge is -2.40. The minimum absolute atomic E-state index is 0.611. The summed E-state index contributed by atoms with van der Waals surface area (Å²) in [6.45, 7) is 4.93. The number of nitrogens with one attached hydrogen (secondary N) is 1. The molecular formula is C16H20N6. The monoisotopic (exact) mass is 296 g/mol. The van der Waals surface area contributed by atoms with Gasteiger partial charge in [-0.15, -0.1) is 5.10 Å². The summed E-state index contributed by atoms with van der Waals surface area (Å²) in [5.74, 6) is 2.35. The average Bonchev–Trinajstić information content (AvgIpc) is 2.95. The molecule has 4 rings (SSSR count). The van der Waals surface area contributed by atoms with Gasteiger partial charge in [0.1, 0.15) is 0 Å². The van der Waals surface area contributed by atoms with Gasteiger partial charge in [0.15, 0.2) is 5.82 Å². The van der Waals surface area contributed by atoms with Gasteiger partial charge < -0.3 is 10.2 Å². The second-order valence-corrected chi connectivity index (χ2v) is 6.26. The van der Waals surface area contributed by atoms with E-state index in [1.165, 1.54) is 17.7 Å².